The standard InChI is InChI=1S/C18H38N4O2/c1-5-16(2)22(4)11-10-21-18(19-3)20-9-6-12-24-15-17-7-13-23-14-8-17/h16-17H,5-15H2,1-4H3,(H2,19,20,21). The summed E-state index contributed by atoms with van der Waals surface area (Å²) in [6, 6.07) is 0.620. The lowest BCUT2D eigenvalue weighted by atomic mass is 10.0. The van der Waals surface area contributed by atoms with E-state index in [-0.39, 0.29) is 0 Å². The molecule has 1 atom stereocenters. The van der Waals surface area contributed by atoms with E-state index in [0.29, 0.717) is 12.0 Å². The summed E-state index contributed by atoms with van der Waals surface area (Å²) in [5.41, 5.74) is 0. The highest BCUT2D eigenvalue weighted by Crippen LogP contribution is 2.14. The number of aliphatic imine (C=N–C) groups is 1. The van der Waals surface area contributed by atoms with Crippen molar-refractivity contribution in [2.75, 3.05) is 60.2 Å². The molecule has 6 heteroatoms. The Hall–Kier alpha value is -0.850. The second-order valence-corrected chi connectivity index (χ2v) is 6.65. The van der Waals surface area contributed by atoms with E-state index in [0.717, 1.165) is 71.3 Å². The van der Waals surface area contributed by atoms with E-state index in [2.05, 4.69) is 41.4 Å². The van der Waals surface area contributed by atoms with Gasteiger partial charge in [0.25, 0.3) is 0 Å². The highest BCUT2D eigenvalue weighted by molar-refractivity contribution is 5.79. The minimum absolute atomic E-state index is 0.620. The van der Waals surface area contributed by atoms with E-state index in [9.17, 15) is 0 Å². The maximum atomic E-state index is 5.78. The normalized spacial score (nSPS) is 18.0. The SMILES string of the molecule is CCC(C)N(C)CCNC(=NC)NCCCOCC1CCOCC1. The van der Waals surface area contributed by atoms with Crippen molar-refractivity contribution in [1.82, 2.24) is 15.5 Å². The van der Waals surface area contributed by atoms with Gasteiger partial charge in [-0.15, -0.1) is 0 Å². The molecule has 1 fully saturated rings. The van der Waals surface area contributed by atoms with Crippen LogP contribution in [0.4, 0.5) is 0 Å². The lowest BCUT2D eigenvalue weighted by molar-refractivity contribution is 0.0203. The van der Waals surface area contributed by atoms with Crippen molar-refractivity contribution in [3.63, 3.8) is 0 Å². The summed E-state index contributed by atoms with van der Waals surface area (Å²) in [5.74, 6) is 1.56. The van der Waals surface area contributed by atoms with Gasteiger partial charge in [0, 0.05) is 59.2 Å². The number of likely N-dealkylation sites (N-methyl/N-ethyl adjacent to an activating group) is 1. The Morgan fingerprint density at radius 3 is 2.67 bits per heavy atom. The zero-order valence-electron chi connectivity index (χ0n) is 16.1. The molecule has 1 rings (SSSR count). The Morgan fingerprint density at radius 1 is 1.29 bits per heavy atom. The molecule has 0 radical (unpaired) electrons. The van der Waals surface area contributed by atoms with Crippen LogP contribution in [-0.4, -0.2) is 77.1 Å². The molecule has 1 aliphatic rings. The smallest absolute Gasteiger partial charge is 0.191 e. The van der Waals surface area contributed by atoms with E-state index in [1.165, 1.54) is 6.42 Å². The van der Waals surface area contributed by atoms with Gasteiger partial charge in [0.2, 0.25) is 0 Å². The maximum Gasteiger partial charge on any atom is 0.191 e. The molecule has 24 heavy (non-hydrogen) atoms. The number of hydrogen-bond donors (Lipinski definition) is 2. The summed E-state index contributed by atoms with van der Waals surface area (Å²) in [4.78, 5) is 6.63. The molecular formula is C18H38N4O2. The summed E-state index contributed by atoms with van der Waals surface area (Å²) in [6.45, 7) is 10.7. The fourth-order valence-corrected chi connectivity index (χ4v) is 2.65. The Balaban J connectivity index is 1.99. The van der Waals surface area contributed by atoms with Crippen molar-refractivity contribution in [2.24, 2.45) is 10.9 Å². The average molecular weight is 343 g/mol. The van der Waals surface area contributed by atoms with Crippen LogP contribution in [0, 0.1) is 5.92 Å². The zero-order chi connectivity index (χ0) is 17.6. The summed E-state index contributed by atoms with van der Waals surface area (Å²) < 4.78 is 11.1. The zero-order valence-corrected chi connectivity index (χ0v) is 16.1. The van der Waals surface area contributed by atoms with Crippen LogP contribution in [0.5, 0.6) is 0 Å². The number of hydrogen-bond acceptors (Lipinski definition) is 4. The van der Waals surface area contributed by atoms with E-state index in [1.54, 1.807) is 0 Å². The van der Waals surface area contributed by atoms with Crippen LogP contribution < -0.4 is 10.6 Å². The molecule has 1 unspecified atom stereocenters. The fourth-order valence-electron chi connectivity index (χ4n) is 2.65. The molecule has 0 aromatic carbocycles. The second kappa shape index (κ2) is 13.4. The largest absolute Gasteiger partial charge is 0.381 e. The molecule has 1 heterocycles. The molecule has 1 aliphatic heterocycles. The lowest BCUT2D eigenvalue weighted by Gasteiger charge is -2.24. The van der Waals surface area contributed by atoms with Crippen molar-refractivity contribution in [3.05, 3.63) is 0 Å². The van der Waals surface area contributed by atoms with Crippen LogP contribution in [-0.2, 0) is 9.47 Å². The van der Waals surface area contributed by atoms with E-state index in [1.807, 2.05) is 7.05 Å². The van der Waals surface area contributed by atoms with Gasteiger partial charge in [-0.1, -0.05) is 6.92 Å². The molecule has 2 N–H and O–H groups in total. The lowest BCUT2D eigenvalue weighted by Crippen LogP contribution is -2.42. The fraction of sp³-hybridized carbons (Fsp3) is 0.944. The first-order chi connectivity index (χ1) is 11.7. The summed E-state index contributed by atoms with van der Waals surface area (Å²) >= 11 is 0. The summed E-state index contributed by atoms with van der Waals surface area (Å²) in [7, 11) is 3.98. The molecule has 0 saturated carbocycles. The van der Waals surface area contributed by atoms with E-state index >= 15 is 0 Å². The third-order valence-corrected chi connectivity index (χ3v) is 4.78. The van der Waals surface area contributed by atoms with Crippen molar-refractivity contribution >= 4 is 5.96 Å². The van der Waals surface area contributed by atoms with Crippen molar-refractivity contribution in [3.8, 4) is 0 Å². The van der Waals surface area contributed by atoms with Gasteiger partial charge in [-0.25, -0.2) is 0 Å². The van der Waals surface area contributed by atoms with Gasteiger partial charge < -0.3 is 25.0 Å². The molecule has 0 aliphatic carbocycles. The minimum atomic E-state index is 0.620. The highest BCUT2D eigenvalue weighted by atomic mass is 16.5. The van der Waals surface area contributed by atoms with Gasteiger partial charge in [-0.2, -0.15) is 0 Å². The third kappa shape index (κ3) is 9.45. The Labute approximate surface area is 148 Å². The molecule has 142 valence electrons. The van der Waals surface area contributed by atoms with Crippen LogP contribution >= 0.6 is 0 Å². The molecule has 0 aromatic rings. The molecule has 6 nitrogen and oxygen atoms in total. The number of nitrogens with zero attached hydrogens (tertiary/aromatic N) is 2. The number of rotatable bonds is 11. The first-order valence-corrected chi connectivity index (χ1v) is 9.47. The van der Waals surface area contributed by atoms with Crippen molar-refractivity contribution in [1.29, 1.82) is 0 Å². The number of ether oxygens (including phenoxy) is 2. The van der Waals surface area contributed by atoms with Crippen LogP contribution in [0.2, 0.25) is 0 Å². The van der Waals surface area contributed by atoms with E-state index in [4.69, 9.17) is 9.47 Å². The molecular weight excluding hydrogens is 304 g/mol. The second-order valence-electron chi connectivity index (χ2n) is 6.65. The van der Waals surface area contributed by atoms with Crippen LogP contribution in [0.3, 0.4) is 0 Å². The predicted octanol–water partition coefficient (Wildman–Crippen LogP) is 1.72. The van der Waals surface area contributed by atoms with E-state index < -0.39 is 0 Å². The Bertz CT molecular complexity index is 333. The summed E-state index contributed by atoms with van der Waals surface area (Å²) in [5, 5.41) is 6.71. The molecule has 0 amide bonds. The van der Waals surface area contributed by atoms with Gasteiger partial charge in [0.1, 0.15) is 0 Å². The number of nitrogens with one attached hydrogen (secondary N) is 2. The first kappa shape index (κ1) is 21.2. The van der Waals surface area contributed by atoms with Crippen molar-refractivity contribution in [2.45, 2.75) is 45.6 Å². The third-order valence-electron chi connectivity index (χ3n) is 4.78. The molecule has 1 saturated heterocycles. The molecule has 0 aromatic heterocycles. The molecule has 0 spiro atoms. The molecule has 0 bridgehead atoms. The van der Waals surface area contributed by atoms with Crippen LogP contribution in [0.15, 0.2) is 4.99 Å². The Morgan fingerprint density at radius 2 is 2.00 bits per heavy atom. The minimum Gasteiger partial charge on any atom is -0.381 e. The van der Waals surface area contributed by atoms with Crippen molar-refractivity contribution < 1.29 is 9.47 Å². The summed E-state index contributed by atoms with van der Waals surface area (Å²) in [6.07, 6.45) is 4.45. The van der Waals surface area contributed by atoms with Gasteiger partial charge in [0.15, 0.2) is 5.96 Å². The quantitative estimate of drug-likeness (QED) is 0.340. The van der Waals surface area contributed by atoms with Gasteiger partial charge >= 0.3 is 0 Å². The maximum absolute atomic E-state index is 5.78. The van der Waals surface area contributed by atoms with Gasteiger partial charge in [0.05, 0.1) is 0 Å². The average Bonchev–Trinajstić information content (AvgIpc) is 2.62. The van der Waals surface area contributed by atoms with Gasteiger partial charge in [-0.05, 0) is 45.6 Å². The predicted molar refractivity (Wildman–Crippen MR) is 101 cm³/mol. The van der Waals surface area contributed by atoms with Gasteiger partial charge in [-0.3, -0.25) is 4.99 Å². The topological polar surface area (TPSA) is 58.1 Å². The highest BCUT2D eigenvalue weighted by Gasteiger charge is 2.13. The van der Waals surface area contributed by atoms with Crippen LogP contribution in [0.1, 0.15) is 39.5 Å². The number of guanidine groups is 1. The monoisotopic (exact) mass is 342 g/mol. The first-order valence-electron chi connectivity index (χ1n) is 9.47. The Kier molecular flexibility index (Phi) is 11.9. The van der Waals surface area contributed by atoms with Crippen LogP contribution in [0.25, 0.3) is 0 Å².